The van der Waals surface area contributed by atoms with Crippen molar-refractivity contribution in [1.82, 2.24) is 9.55 Å². The van der Waals surface area contributed by atoms with E-state index in [1.807, 2.05) is 42.5 Å². The molecule has 1 unspecified atom stereocenters. The second-order valence-electron chi connectivity index (χ2n) is 7.18. The summed E-state index contributed by atoms with van der Waals surface area (Å²) < 4.78 is 1.76. The number of hydrogen-bond acceptors (Lipinski definition) is 3. The summed E-state index contributed by atoms with van der Waals surface area (Å²) in [5.41, 5.74) is 9.51. The van der Waals surface area contributed by atoms with Gasteiger partial charge in [0.05, 0.1) is 17.4 Å². The van der Waals surface area contributed by atoms with E-state index in [9.17, 15) is 4.79 Å². The van der Waals surface area contributed by atoms with Gasteiger partial charge in [0.2, 0.25) is 0 Å². The molecule has 0 fully saturated rings. The molecule has 0 saturated heterocycles. The van der Waals surface area contributed by atoms with Crippen molar-refractivity contribution in [2.75, 3.05) is 0 Å². The zero-order valence-electron chi connectivity index (χ0n) is 16.2. The highest BCUT2D eigenvalue weighted by atomic mass is 35.5. The maximum absolute atomic E-state index is 13.4. The Balaban J connectivity index is 1.91. The van der Waals surface area contributed by atoms with Crippen LogP contribution in [-0.2, 0) is 13.1 Å². The van der Waals surface area contributed by atoms with Gasteiger partial charge in [-0.25, -0.2) is 4.98 Å². The average Bonchev–Trinajstić information content (AvgIpc) is 2.76. The van der Waals surface area contributed by atoms with E-state index in [0.717, 1.165) is 22.5 Å². The van der Waals surface area contributed by atoms with E-state index in [1.54, 1.807) is 22.8 Å². The molecule has 4 aromatic rings. The molecular weight excluding hydrogens is 382 g/mol. The molecule has 4 nitrogen and oxygen atoms in total. The monoisotopic (exact) mass is 403 g/mol. The molecule has 0 amide bonds. The Morgan fingerprint density at radius 2 is 1.76 bits per heavy atom. The highest BCUT2D eigenvalue weighted by Gasteiger charge is 2.18. The van der Waals surface area contributed by atoms with E-state index in [4.69, 9.17) is 22.3 Å². The maximum Gasteiger partial charge on any atom is 0.261 e. The maximum atomic E-state index is 13.4. The Bertz CT molecular complexity index is 1220. The second kappa shape index (κ2) is 8.19. The van der Waals surface area contributed by atoms with Crippen LogP contribution in [0.4, 0.5) is 0 Å². The van der Waals surface area contributed by atoms with Gasteiger partial charge in [-0.05, 0) is 34.9 Å². The number of nitrogens with two attached hydrogens (primary N) is 1. The SMILES string of the molecule is CC(c1ccccc1)c1nc2ccc(Cl)cc2c(=O)n1Cc1cccc(CN)c1. The summed E-state index contributed by atoms with van der Waals surface area (Å²) in [5.74, 6) is 0.691. The highest BCUT2D eigenvalue weighted by Crippen LogP contribution is 2.25. The van der Waals surface area contributed by atoms with Gasteiger partial charge in [-0.2, -0.15) is 0 Å². The third-order valence-corrected chi connectivity index (χ3v) is 5.44. The number of fused-ring (bicyclic) bond motifs is 1. The van der Waals surface area contributed by atoms with Gasteiger partial charge in [0.15, 0.2) is 0 Å². The molecule has 29 heavy (non-hydrogen) atoms. The van der Waals surface area contributed by atoms with Crippen LogP contribution in [0.3, 0.4) is 0 Å². The summed E-state index contributed by atoms with van der Waals surface area (Å²) in [4.78, 5) is 18.3. The minimum Gasteiger partial charge on any atom is -0.326 e. The minimum absolute atomic E-state index is 0.0401. The number of halogens is 1. The van der Waals surface area contributed by atoms with Crippen LogP contribution < -0.4 is 11.3 Å². The zero-order chi connectivity index (χ0) is 20.4. The highest BCUT2D eigenvalue weighted by molar-refractivity contribution is 6.31. The van der Waals surface area contributed by atoms with E-state index < -0.39 is 0 Å². The predicted octanol–water partition coefficient (Wildman–Crippen LogP) is 4.71. The second-order valence-corrected chi connectivity index (χ2v) is 7.62. The van der Waals surface area contributed by atoms with Crippen LogP contribution in [-0.4, -0.2) is 9.55 Å². The van der Waals surface area contributed by atoms with Crippen molar-refractivity contribution in [3.63, 3.8) is 0 Å². The van der Waals surface area contributed by atoms with Gasteiger partial charge in [0.1, 0.15) is 5.82 Å². The number of hydrogen-bond donors (Lipinski definition) is 1. The predicted molar refractivity (Wildman–Crippen MR) is 118 cm³/mol. The lowest BCUT2D eigenvalue weighted by atomic mass is 9.99. The quantitative estimate of drug-likeness (QED) is 0.525. The molecule has 5 heteroatoms. The molecule has 0 bridgehead atoms. The lowest BCUT2D eigenvalue weighted by molar-refractivity contribution is 0.650. The lowest BCUT2D eigenvalue weighted by Gasteiger charge is -2.19. The van der Waals surface area contributed by atoms with Gasteiger partial charge in [0.25, 0.3) is 5.56 Å². The number of rotatable bonds is 5. The van der Waals surface area contributed by atoms with Crippen molar-refractivity contribution in [2.45, 2.75) is 25.9 Å². The van der Waals surface area contributed by atoms with Crippen LogP contribution >= 0.6 is 11.6 Å². The van der Waals surface area contributed by atoms with Gasteiger partial charge in [0, 0.05) is 17.5 Å². The van der Waals surface area contributed by atoms with E-state index in [-0.39, 0.29) is 11.5 Å². The van der Waals surface area contributed by atoms with Gasteiger partial charge in [-0.3, -0.25) is 9.36 Å². The Morgan fingerprint density at radius 1 is 1.00 bits per heavy atom. The Kier molecular flexibility index (Phi) is 5.47. The molecule has 1 heterocycles. The van der Waals surface area contributed by atoms with Crippen molar-refractivity contribution < 1.29 is 0 Å². The number of benzene rings is 3. The Morgan fingerprint density at radius 3 is 2.52 bits per heavy atom. The molecule has 1 atom stereocenters. The summed E-state index contributed by atoms with van der Waals surface area (Å²) in [6.07, 6.45) is 0. The first-order chi connectivity index (χ1) is 14.1. The van der Waals surface area contributed by atoms with Crippen LogP contribution in [0.5, 0.6) is 0 Å². The van der Waals surface area contributed by atoms with E-state index in [1.165, 1.54) is 0 Å². The number of nitrogens with zero attached hydrogens (tertiary/aromatic N) is 2. The van der Waals surface area contributed by atoms with Gasteiger partial charge < -0.3 is 5.73 Å². The molecule has 2 N–H and O–H groups in total. The van der Waals surface area contributed by atoms with Crippen molar-refractivity contribution in [3.05, 3.63) is 111 Å². The first kappa shape index (κ1) is 19.4. The van der Waals surface area contributed by atoms with Crippen LogP contribution in [0.1, 0.15) is 35.4 Å². The zero-order valence-corrected chi connectivity index (χ0v) is 16.9. The van der Waals surface area contributed by atoms with Crippen LogP contribution in [0.25, 0.3) is 10.9 Å². The lowest BCUT2D eigenvalue weighted by Crippen LogP contribution is -2.27. The van der Waals surface area contributed by atoms with Gasteiger partial charge in [-0.15, -0.1) is 0 Å². The van der Waals surface area contributed by atoms with Gasteiger partial charge >= 0.3 is 0 Å². The fourth-order valence-electron chi connectivity index (χ4n) is 3.62. The fraction of sp³-hybridized carbons (Fsp3) is 0.167. The van der Waals surface area contributed by atoms with E-state index in [0.29, 0.717) is 29.0 Å². The third kappa shape index (κ3) is 3.95. The molecule has 146 valence electrons. The molecule has 0 saturated carbocycles. The first-order valence-corrected chi connectivity index (χ1v) is 9.97. The summed E-state index contributed by atoms with van der Waals surface area (Å²) in [6, 6.07) is 23.3. The molecule has 0 radical (unpaired) electrons. The van der Waals surface area contributed by atoms with Crippen molar-refractivity contribution >= 4 is 22.5 Å². The molecule has 4 rings (SSSR count). The molecule has 0 spiro atoms. The summed E-state index contributed by atoms with van der Waals surface area (Å²) in [5, 5.41) is 1.05. The molecule has 1 aromatic heterocycles. The van der Waals surface area contributed by atoms with Crippen LogP contribution in [0.2, 0.25) is 5.02 Å². The van der Waals surface area contributed by atoms with Crippen LogP contribution in [0, 0.1) is 0 Å². The average molecular weight is 404 g/mol. The normalized spacial score (nSPS) is 12.2. The van der Waals surface area contributed by atoms with Crippen molar-refractivity contribution in [1.29, 1.82) is 0 Å². The minimum atomic E-state index is -0.0894. The van der Waals surface area contributed by atoms with Crippen molar-refractivity contribution in [2.24, 2.45) is 5.73 Å². The topological polar surface area (TPSA) is 60.9 Å². The van der Waals surface area contributed by atoms with E-state index >= 15 is 0 Å². The first-order valence-electron chi connectivity index (χ1n) is 9.59. The summed E-state index contributed by atoms with van der Waals surface area (Å²) in [7, 11) is 0. The fourth-order valence-corrected chi connectivity index (χ4v) is 3.79. The molecule has 3 aromatic carbocycles. The molecule has 0 aliphatic heterocycles. The summed E-state index contributed by atoms with van der Waals surface area (Å²) >= 11 is 6.15. The largest absolute Gasteiger partial charge is 0.326 e. The van der Waals surface area contributed by atoms with Gasteiger partial charge in [-0.1, -0.05) is 73.1 Å². The molecule has 0 aliphatic carbocycles. The van der Waals surface area contributed by atoms with Crippen molar-refractivity contribution in [3.8, 4) is 0 Å². The molecular formula is C24H22ClN3O. The molecule has 0 aliphatic rings. The standard InChI is InChI=1S/C24H22ClN3O/c1-16(19-8-3-2-4-9-19)23-27-22-11-10-20(25)13-21(22)24(29)28(23)15-18-7-5-6-17(12-18)14-26/h2-13,16H,14-15,26H2,1H3. The Hall–Kier alpha value is -2.95. The smallest absolute Gasteiger partial charge is 0.261 e. The third-order valence-electron chi connectivity index (χ3n) is 5.20. The number of aromatic nitrogens is 2. The Labute approximate surface area is 174 Å². The summed E-state index contributed by atoms with van der Waals surface area (Å²) in [6.45, 7) is 2.96. The van der Waals surface area contributed by atoms with Crippen LogP contribution in [0.15, 0.2) is 77.6 Å². The van der Waals surface area contributed by atoms with E-state index in [2.05, 4.69) is 19.1 Å².